The van der Waals surface area contributed by atoms with Crippen LogP contribution in [0.4, 0.5) is 5.82 Å². The molecule has 1 aromatic heterocycles. The van der Waals surface area contributed by atoms with Crippen LogP contribution < -0.4 is 9.64 Å². The van der Waals surface area contributed by atoms with Crippen molar-refractivity contribution < 1.29 is 14.3 Å². The minimum Gasteiger partial charge on any atom is -0.497 e. The molecule has 204 valence electrons. The van der Waals surface area contributed by atoms with Gasteiger partial charge in [-0.2, -0.15) is 0 Å². The van der Waals surface area contributed by atoms with Crippen molar-refractivity contribution in [3.63, 3.8) is 0 Å². The molecule has 0 spiro atoms. The zero-order valence-electron chi connectivity index (χ0n) is 22.8. The number of ether oxygens (including phenoxy) is 1. The van der Waals surface area contributed by atoms with Gasteiger partial charge >= 0.3 is 0 Å². The molecule has 5 rings (SSSR count). The third kappa shape index (κ3) is 6.12. The van der Waals surface area contributed by atoms with Gasteiger partial charge in [-0.15, -0.1) is 10.2 Å². The smallest absolute Gasteiger partial charge is 0.254 e. The molecule has 0 unspecified atom stereocenters. The predicted molar refractivity (Wildman–Crippen MR) is 155 cm³/mol. The quantitative estimate of drug-likeness (QED) is 0.325. The molecular formula is C32H33N5O3. The van der Waals surface area contributed by atoms with Crippen molar-refractivity contribution in [2.45, 2.75) is 13.0 Å². The van der Waals surface area contributed by atoms with Crippen molar-refractivity contribution in [3.05, 3.63) is 108 Å². The van der Waals surface area contributed by atoms with Crippen molar-refractivity contribution >= 4 is 17.6 Å². The zero-order chi connectivity index (χ0) is 27.9. The van der Waals surface area contributed by atoms with Crippen molar-refractivity contribution in [2.24, 2.45) is 0 Å². The number of nitrogens with zero attached hydrogens (tertiary/aromatic N) is 5. The van der Waals surface area contributed by atoms with Crippen molar-refractivity contribution in [3.8, 4) is 17.0 Å². The fourth-order valence-corrected chi connectivity index (χ4v) is 4.88. The van der Waals surface area contributed by atoms with E-state index in [4.69, 9.17) is 4.74 Å². The highest BCUT2D eigenvalue weighted by Crippen LogP contribution is 2.24. The lowest BCUT2D eigenvalue weighted by atomic mass is 10.1. The van der Waals surface area contributed by atoms with Crippen LogP contribution in [0.5, 0.6) is 5.75 Å². The summed E-state index contributed by atoms with van der Waals surface area (Å²) in [5, 5.41) is 8.83. The SMILES string of the molecule is COc1ccc(C(=O)N(CC(=O)N2CCN(c3ccc(-c4ccccc4)nn3)CC2)[C@H](C)c2ccccc2)cc1. The van der Waals surface area contributed by atoms with Crippen molar-refractivity contribution in [1.82, 2.24) is 20.0 Å². The van der Waals surface area contributed by atoms with Crippen LogP contribution in [0, 0.1) is 0 Å². The monoisotopic (exact) mass is 535 g/mol. The minimum absolute atomic E-state index is 0.00744. The molecule has 1 fully saturated rings. The molecule has 0 radical (unpaired) electrons. The Hall–Kier alpha value is -4.72. The summed E-state index contributed by atoms with van der Waals surface area (Å²) < 4.78 is 5.24. The summed E-state index contributed by atoms with van der Waals surface area (Å²) in [6, 6.07) is 30.4. The summed E-state index contributed by atoms with van der Waals surface area (Å²) in [5.41, 5.74) is 3.33. The highest BCUT2D eigenvalue weighted by molar-refractivity contribution is 5.97. The van der Waals surface area contributed by atoms with Crippen LogP contribution in [0.15, 0.2) is 97.1 Å². The fraction of sp³-hybridized carbons (Fsp3) is 0.250. The third-order valence-electron chi connectivity index (χ3n) is 7.33. The fourth-order valence-electron chi connectivity index (χ4n) is 4.88. The molecule has 1 atom stereocenters. The predicted octanol–water partition coefficient (Wildman–Crippen LogP) is 4.70. The van der Waals surface area contributed by atoms with Gasteiger partial charge in [0.1, 0.15) is 12.3 Å². The maximum Gasteiger partial charge on any atom is 0.254 e. The molecule has 8 heteroatoms. The zero-order valence-corrected chi connectivity index (χ0v) is 22.8. The topological polar surface area (TPSA) is 78.9 Å². The van der Waals surface area contributed by atoms with Crippen LogP contribution in [0.3, 0.4) is 0 Å². The third-order valence-corrected chi connectivity index (χ3v) is 7.33. The van der Waals surface area contributed by atoms with Crippen LogP contribution in [0.2, 0.25) is 0 Å². The Morgan fingerprint density at radius 2 is 1.48 bits per heavy atom. The Labute approximate surface area is 234 Å². The summed E-state index contributed by atoms with van der Waals surface area (Å²) in [7, 11) is 1.59. The number of carbonyl (C=O) groups is 2. The van der Waals surface area contributed by atoms with Gasteiger partial charge in [0.05, 0.1) is 18.8 Å². The van der Waals surface area contributed by atoms with Crippen LogP contribution in [-0.4, -0.2) is 71.6 Å². The number of amides is 2. The lowest BCUT2D eigenvalue weighted by molar-refractivity contribution is -0.132. The molecule has 3 aromatic carbocycles. The average molecular weight is 536 g/mol. The molecule has 0 N–H and O–H groups in total. The second-order valence-electron chi connectivity index (χ2n) is 9.76. The highest BCUT2D eigenvalue weighted by Gasteiger charge is 2.29. The van der Waals surface area contributed by atoms with E-state index in [9.17, 15) is 9.59 Å². The van der Waals surface area contributed by atoms with E-state index in [1.54, 1.807) is 36.3 Å². The number of aromatic nitrogens is 2. The maximum absolute atomic E-state index is 13.6. The molecule has 0 saturated carbocycles. The molecular weight excluding hydrogens is 502 g/mol. The van der Waals surface area contributed by atoms with Gasteiger partial charge in [0, 0.05) is 37.3 Å². The van der Waals surface area contributed by atoms with Gasteiger partial charge in [0.25, 0.3) is 5.91 Å². The van der Waals surface area contributed by atoms with Gasteiger partial charge in [-0.3, -0.25) is 9.59 Å². The van der Waals surface area contributed by atoms with Crippen LogP contribution >= 0.6 is 0 Å². The summed E-state index contributed by atoms with van der Waals surface area (Å²) >= 11 is 0. The summed E-state index contributed by atoms with van der Waals surface area (Å²) in [5.74, 6) is 1.20. The lowest BCUT2D eigenvalue weighted by Gasteiger charge is -2.37. The van der Waals surface area contributed by atoms with Gasteiger partial charge in [-0.05, 0) is 48.9 Å². The molecule has 0 aliphatic carbocycles. The maximum atomic E-state index is 13.6. The molecule has 1 saturated heterocycles. The molecule has 2 amide bonds. The Morgan fingerprint density at radius 3 is 2.08 bits per heavy atom. The van der Waals surface area contributed by atoms with E-state index in [1.165, 1.54) is 0 Å². The average Bonchev–Trinajstić information content (AvgIpc) is 3.04. The lowest BCUT2D eigenvalue weighted by Crippen LogP contribution is -2.52. The largest absolute Gasteiger partial charge is 0.497 e. The van der Waals surface area contributed by atoms with E-state index < -0.39 is 0 Å². The number of carbonyl (C=O) groups excluding carboxylic acids is 2. The minimum atomic E-state index is -0.278. The number of methoxy groups -OCH3 is 1. The molecule has 1 aliphatic heterocycles. The molecule has 8 nitrogen and oxygen atoms in total. The van der Waals surface area contributed by atoms with E-state index in [-0.39, 0.29) is 24.4 Å². The number of benzene rings is 3. The van der Waals surface area contributed by atoms with Gasteiger partial charge in [0.15, 0.2) is 5.82 Å². The van der Waals surface area contributed by atoms with E-state index in [0.29, 0.717) is 37.5 Å². The standard InChI is InChI=1S/C32H33N5O3/c1-24(25-9-5-3-6-10-25)37(32(39)27-13-15-28(40-2)16-14-27)23-31(38)36-21-19-35(20-22-36)30-18-17-29(33-34-30)26-11-7-4-8-12-26/h3-18,24H,19-23H2,1-2H3/t24-/m1/s1. The van der Waals surface area contributed by atoms with Gasteiger partial charge in [-0.25, -0.2) is 0 Å². The molecule has 0 bridgehead atoms. The van der Waals surface area contributed by atoms with Gasteiger partial charge in [-0.1, -0.05) is 60.7 Å². The second-order valence-corrected chi connectivity index (χ2v) is 9.76. The van der Waals surface area contributed by atoms with Crippen molar-refractivity contribution in [2.75, 3.05) is 44.7 Å². The molecule has 4 aromatic rings. The van der Waals surface area contributed by atoms with Gasteiger partial charge in [0.2, 0.25) is 5.91 Å². The number of piperazine rings is 1. The first-order valence-electron chi connectivity index (χ1n) is 13.5. The Bertz CT molecular complexity index is 1400. The van der Waals surface area contributed by atoms with Crippen molar-refractivity contribution in [1.29, 1.82) is 0 Å². The first kappa shape index (κ1) is 26.9. The highest BCUT2D eigenvalue weighted by atomic mass is 16.5. The first-order chi connectivity index (χ1) is 19.5. The van der Waals surface area contributed by atoms with Crippen LogP contribution in [0.1, 0.15) is 28.9 Å². The Morgan fingerprint density at radius 1 is 0.825 bits per heavy atom. The molecule has 2 heterocycles. The number of anilines is 1. The Balaban J connectivity index is 1.25. The summed E-state index contributed by atoms with van der Waals surface area (Å²) in [6.07, 6.45) is 0. The summed E-state index contributed by atoms with van der Waals surface area (Å²) in [4.78, 5) is 32.7. The van der Waals surface area contributed by atoms with Crippen LogP contribution in [-0.2, 0) is 4.79 Å². The normalized spacial score (nSPS) is 13.9. The number of hydrogen-bond donors (Lipinski definition) is 0. The summed E-state index contributed by atoms with van der Waals surface area (Å²) in [6.45, 7) is 4.33. The number of rotatable bonds is 8. The molecule has 40 heavy (non-hydrogen) atoms. The van der Waals surface area contributed by atoms with E-state index in [0.717, 1.165) is 22.6 Å². The second kappa shape index (κ2) is 12.4. The Kier molecular flexibility index (Phi) is 8.35. The molecule has 1 aliphatic rings. The van der Waals surface area contributed by atoms with Crippen LogP contribution in [0.25, 0.3) is 11.3 Å². The number of hydrogen-bond acceptors (Lipinski definition) is 6. The van der Waals surface area contributed by atoms with Gasteiger partial charge < -0.3 is 19.4 Å². The van der Waals surface area contributed by atoms with E-state index >= 15 is 0 Å². The van der Waals surface area contributed by atoms with E-state index in [2.05, 4.69) is 15.1 Å². The first-order valence-corrected chi connectivity index (χ1v) is 13.5. The van der Waals surface area contributed by atoms with E-state index in [1.807, 2.05) is 84.6 Å².